The maximum atomic E-state index is 12.0. The summed E-state index contributed by atoms with van der Waals surface area (Å²) in [6, 6.07) is 9.01. The van der Waals surface area contributed by atoms with Crippen molar-refractivity contribution in [1.29, 1.82) is 0 Å². The van der Waals surface area contributed by atoms with E-state index in [0.717, 1.165) is 11.3 Å². The van der Waals surface area contributed by atoms with Gasteiger partial charge in [0.2, 0.25) is 0 Å². The minimum Gasteiger partial charge on any atom is -0.497 e. The maximum absolute atomic E-state index is 12.0. The predicted octanol–water partition coefficient (Wildman–Crippen LogP) is 2.10. The largest absolute Gasteiger partial charge is 0.497 e. The Morgan fingerprint density at radius 3 is 2.61 bits per heavy atom. The van der Waals surface area contributed by atoms with Crippen LogP contribution in [0.1, 0.15) is 15.9 Å². The predicted molar refractivity (Wildman–Crippen MR) is 69.7 cm³/mol. The lowest BCUT2D eigenvalue weighted by molar-refractivity contribution is 0.0993. The SMILES string of the molecule is COc1ccc(CC(=O)c2cnccc2N)cc1. The number of anilines is 1. The van der Waals surface area contributed by atoms with Crippen molar-refractivity contribution in [2.45, 2.75) is 6.42 Å². The van der Waals surface area contributed by atoms with E-state index in [9.17, 15) is 4.79 Å². The van der Waals surface area contributed by atoms with Crippen LogP contribution < -0.4 is 10.5 Å². The summed E-state index contributed by atoms with van der Waals surface area (Å²) in [5.74, 6) is 0.734. The van der Waals surface area contributed by atoms with E-state index in [1.807, 2.05) is 24.3 Å². The van der Waals surface area contributed by atoms with Crippen LogP contribution in [0.4, 0.5) is 5.69 Å². The standard InChI is InChI=1S/C14H14N2O2/c1-18-11-4-2-10(3-5-11)8-14(17)12-9-16-7-6-13(12)15/h2-7,9H,8H2,1H3,(H2,15,16). The van der Waals surface area contributed by atoms with Crippen LogP contribution in [-0.4, -0.2) is 17.9 Å². The van der Waals surface area contributed by atoms with Crippen molar-refractivity contribution in [2.75, 3.05) is 12.8 Å². The van der Waals surface area contributed by atoms with E-state index in [1.165, 1.54) is 6.20 Å². The lowest BCUT2D eigenvalue weighted by Crippen LogP contribution is -2.07. The number of pyridine rings is 1. The van der Waals surface area contributed by atoms with Gasteiger partial charge in [-0.05, 0) is 23.8 Å². The molecule has 0 amide bonds. The van der Waals surface area contributed by atoms with Crippen molar-refractivity contribution in [3.63, 3.8) is 0 Å². The van der Waals surface area contributed by atoms with Gasteiger partial charge in [0.1, 0.15) is 5.75 Å². The average Bonchev–Trinajstić information content (AvgIpc) is 2.40. The Kier molecular flexibility index (Phi) is 3.57. The molecule has 0 aliphatic carbocycles. The normalized spacial score (nSPS) is 10.1. The minimum atomic E-state index is -0.0363. The smallest absolute Gasteiger partial charge is 0.170 e. The second kappa shape index (κ2) is 5.31. The van der Waals surface area contributed by atoms with Gasteiger partial charge in [-0.25, -0.2) is 0 Å². The molecule has 18 heavy (non-hydrogen) atoms. The monoisotopic (exact) mass is 242 g/mol. The van der Waals surface area contributed by atoms with Crippen molar-refractivity contribution in [1.82, 2.24) is 4.98 Å². The molecular formula is C14H14N2O2. The summed E-state index contributed by atoms with van der Waals surface area (Å²) < 4.78 is 5.06. The van der Waals surface area contributed by atoms with E-state index in [-0.39, 0.29) is 5.78 Å². The number of benzene rings is 1. The van der Waals surface area contributed by atoms with Crippen LogP contribution in [0.3, 0.4) is 0 Å². The Hall–Kier alpha value is -2.36. The number of Topliss-reactive ketones (excluding diaryl/α,β-unsaturated/α-hetero) is 1. The molecule has 0 aliphatic rings. The third kappa shape index (κ3) is 2.66. The van der Waals surface area contributed by atoms with Crippen LogP contribution >= 0.6 is 0 Å². The number of nitrogens with zero attached hydrogens (tertiary/aromatic N) is 1. The molecule has 4 heteroatoms. The highest BCUT2D eigenvalue weighted by atomic mass is 16.5. The van der Waals surface area contributed by atoms with Gasteiger partial charge < -0.3 is 10.5 Å². The first-order valence-corrected chi connectivity index (χ1v) is 5.56. The number of nitrogens with two attached hydrogens (primary N) is 1. The molecule has 0 atom stereocenters. The van der Waals surface area contributed by atoms with E-state index in [4.69, 9.17) is 10.5 Å². The van der Waals surface area contributed by atoms with Gasteiger partial charge in [-0.3, -0.25) is 9.78 Å². The minimum absolute atomic E-state index is 0.0363. The molecule has 2 N–H and O–H groups in total. The van der Waals surface area contributed by atoms with Crippen LogP contribution in [0.25, 0.3) is 0 Å². The second-order valence-corrected chi connectivity index (χ2v) is 3.91. The first-order valence-electron chi connectivity index (χ1n) is 5.56. The summed E-state index contributed by atoms with van der Waals surface area (Å²) in [5, 5.41) is 0. The van der Waals surface area contributed by atoms with Crippen LogP contribution in [0.5, 0.6) is 5.75 Å². The Morgan fingerprint density at radius 1 is 1.28 bits per heavy atom. The lowest BCUT2D eigenvalue weighted by atomic mass is 10.0. The molecule has 1 heterocycles. The van der Waals surface area contributed by atoms with Gasteiger partial charge in [0.25, 0.3) is 0 Å². The molecule has 4 nitrogen and oxygen atoms in total. The Balaban J connectivity index is 2.14. The van der Waals surface area contributed by atoms with Gasteiger partial charge in [-0.2, -0.15) is 0 Å². The fraction of sp³-hybridized carbons (Fsp3) is 0.143. The molecule has 1 aromatic heterocycles. The van der Waals surface area contributed by atoms with Crippen LogP contribution in [0.2, 0.25) is 0 Å². The van der Waals surface area contributed by atoms with Crippen LogP contribution in [-0.2, 0) is 6.42 Å². The van der Waals surface area contributed by atoms with Crippen molar-refractivity contribution in [3.8, 4) is 5.75 Å². The summed E-state index contributed by atoms with van der Waals surface area (Å²) in [4.78, 5) is 16.0. The zero-order valence-corrected chi connectivity index (χ0v) is 10.1. The molecule has 0 saturated carbocycles. The molecule has 0 aliphatic heterocycles. The number of hydrogen-bond acceptors (Lipinski definition) is 4. The van der Waals surface area contributed by atoms with Crippen LogP contribution in [0, 0.1) is 0 Å². The maximum Gasteiger partial charge on any atom is 0.170 e. The quantitative estimate of drug-likeness (QED) is 0.834. The first-order chi connectivity index (χ1) is 8.70. The molecule has 0 radical (unpaired) electrons. The van der Waals surface area contributed by atoms with E-state index in [0.29, 0.717) is 17.7 Å². The van der Waals surface area contributed by atoms with Crippen molar-refractivity contribution >= 4 is 11.5 Å². The number of carbonyl (C=O) groups is 1. The number of ketones is 1. The Morgan fingerprint density at radius 2 is 2.00 bits per heavy atom. The fourth-order valence-corrected chi connectivity index (χ4v) is 1.66. The van der Waals surface area contributed by atoms with E-state index >= 15 is 0 Å². The molecule has 92 valence electrons. The van der Waals surface area contributed by atoms with E-state index < -0.39 is 0 Å². The second-order valence-electron chi connectivity index (χ2n) is 3.91. The van der Waals surface area contributed by atoms with Gasteiger partial charge in [0.15, 0.2) is 5.78 Å². The molecule has 0 spiro atoms. The molecule has 0 fully saturated rings. The van der Waals surface area contributed by atoms with Gasteiger partial charge in [0, 0.05) is 24.5 Å². The summed E-state index contributed by atoms with van der Waals surface area (Å²) >= 11 is 0. The number of nitrogen functional groups attached to an aromatic ring is 1. The van der Waals surface area contributed by atoms with Gasteiger partial charge in [-0.15, -0.1) is 0 Å². The Labute approximate surface area is 105 Å². The number of methoxy groups -OCH3 is 1. The van der Waals surface area contributed by atoms with Gasteiger partial charge in [0.05, 0.1) is 12.7 Å². The molecule has 2 aromatic rings. The van der Waals surface area contributed by atoms with Crippen molar-refractivity contribution in [3.05, 3.63) is 53.9 Å². The van der Waals surface area contributed by atoms with E-state index in [2.05, 4.69) is 4.98 Å². The van der Waals surface area contributed by atoms with Crippen molar-refractivity contribution in [2.24, 2.45) is 0 Å². The highest BCUT2D eigenvalue weighted by Crippen LogP contribution is 2.15. The topological polar surface area (TPSA) is 65.2 Å². The molecule has 0 unspecified atom stereocenters. The summed E-state index contributed by atoms with van der Waals surface area (Å²) in [6.45, 7) is 0. The number of rotatable bonds is 4. The van der Waals surface area contributed by atoms with Gasteiger partial charge >= 0.3 is 0 Å². The third-order valence-corrected chi connectivity index (χ3v) is 2.68. The van der Waals surface area contributed by atoms with E-state index in [1.54, 1.807) is 19.4 Å². The lowest BCUT2D eigenvalue weighted by Gasteiger charge is -2.05. The molecule has 0 saturated heterocycles. The average molecular weight is 242 g/mol. The number of hydrogen-bond donors (Lipinski definition) is 1. The van der Waals surface area contributed by atoms with Crippen molar-refractivity contribution < 1.29 is 9.53 Å². The Bertz CT molecular complexity index is 550. The third-order valence-electron chi connectivity index (χ3n) is 2.68. The zero-order chi connectivity index (χ0) is 13.0. The molecular weight excluding hydrogens is 228 g/mol. The van der Waals surface area contributed by atoms with Gasteiger partial charge in [-0.1, -0.05) is 12.1 Å². The highest BCUT2D eigenvalue weighted by molar-refractivity contribution is 6.01. The fourth-order valence-electron chi connectivity index (χ4n) is 1.66. The zero-order valence-electron chi connectivity index (χ0n) is 10.1. The molecule has 2 rings (SSSR count). The summed E-state index contributed by atoms with van der Waals surface area (Å²) in [7, 11) is 1.61. The first kappa shape index (κ1) is 12.1. The highest BCUT2D eigenvalue weighted by Gasteiger charge is 2.10. The summed E-state index contributed by atoms with van der Waals surface area (Å²) in [6.07, 6.45) is 3.38. The number of aromatic nitrogens is 1. The molecule has 0 bridgehead atoms. The molecule has 1 aromatic carbocycles. The summed E-state index contributed by atoms with van der Waals surface area (Å²) in [5.41, 5.74) is 7.59. The van der Waals surface area contributed by atoms with Crippen LogP contribution in [0.15, 0.2) is 42.7 Å². The number of ether oxygens (including phenoxy) is 1. The number of carbonyl (C=O) groups excluding carboxylic acids is 1.